The van der Waals surface area contributed by atoms with Crippen LogP contribution in [0, 0.1) is 0 Å². The smallest absolute Gasteiger partial charge is 0.220 e. The summed E-state index contributed by atoms with van der Waals surface area (Å²) in [4.78, 5) is 11.4. The van der Waals surface area contributed by atoms with Gasteiger partial charge in [-0.3, -0.25) is 9.36 Å². The van der Waals surface area contributed by atoms with Crippen molar-refractivity contribution < 1.29 is 13.9 Å². The van der Waals surface area contributed by atoms with Crippen LogP contribution in [-0.4, -0.2) is 12.9 Å². The van der Waals surface area contributed by atoms with E-state index in [0.29, 0.717) is 10.9 Å². The van der Waals surface area contributed by atoms with E-state index < -0.39 is 8.03 Å². The zero-order valence-corrected chi connectivity index (χ0v) is 9.69. The van der Waals surface area contributed by atoms with E-state index in [1.165, 1.54) is 13.2 Å². The summed E-state index contributed by atoms with van der Waals surface area (Å²) >= 11 is 0. The second kappa shape index (κ2) is 5.64. The van der Waals surface area contributed by atoms with Gasteiger partial charge in [-0.1, -0.05) is 18.2 Å². The van der Waals surface area contributed by atoms with Crippen molar-refractivity contribution >= 4 is 19.1 Å². The van der Waals surface area contributed by atoms with Crippen LogP contribution in [0.5, 0.6) is 0 Å². The number of carbonyl (C=O) groups is 1. The van der Waals surface area contributed by atoms with Crippen molar-refractivity contribution in [3.8, 4) is 0 Å². The summed E-state index contributed by atoms with van der Waals surface area (Å²) < 4.78 is 16.0. The maximum Gasteiger partial charge on any atom is 0.220 e. The predicted molar refractivity (Wildman–Crippen MR) is 61.2 cm³/mol. The number of carbonyl (C=O) groups excluding carboxylic acids is 1. The van der Waals surface area contributed by atoms with Gasteiger partial charge in [-0.25, -0.2) is 0 Å². The molecule has 3 nitrogen and oxygen atoms in total. The number of hydrogen-bond donors (Lipinski definition) is 0. The fourth-order valence-corrected chi connectivity index (χ4v) is 1.81. The lowest BCUT2D eigenvalue weighted by Gasteiger charge is -2.00. The van der Waals surface area contributed by atoms with Gasteiger partial charge < -0.3 is 4.52 Å². The molecule has 0 saturated carbocycles. The van der Waals surface area contributed by atoms with Gasteiger partial charge in [-0.05, 0) is 25.1 Å². The summed E-state index contributed by atoms with van der Waals surface area (Å²) in [5.41, 5.74) is 0.586. The normalized spacial score (nSPS) is 12.9. The fourth-order valence-electron chi connectivity index (χ4n) is 1.14. The van der Waals surface area contributed by atoms with Crippen LogP contribution in [-0.2, 0) is 9.09 Å². The molecule has 1 unspecified atom stereocenters. The van der Waals surface area contributed by atoms with Gasteiger partial charge in [0.2, 0.25) is 8.03 Å². The van der Waals surface area contributed by atoms with E-state index in [-0.39, 0.29) is 5.78 Å². The van der Waals surface area contributed by atoms with Crippen LogP contribution in [0.4, 0.5) is 0 Å². The molecular weight excluding hydrogens is 211 g/mol. The van der Waals surface area contributed by atoms with Crippen molar-refractivity contribution in [2.24, 2.45) is 0 Å². The summed E-state index contributed by atoms with van der Waals surface area (Å²) in [6.07, 6.45) is 3.18. The monoisotopic (exact) mass is 224 g/mol. The van der Waals surface area contributed by atoms with E-state index in [0.717, 1.165) is 0 Å². The lowest BCUT2D eigenvalue weighted by molar-refractivity contribution is 0.104. The first-order valence-electron chi connectivity index (χ1n) is 4.54. The molecule has 4 heteroatoms. The Bertz CT molecular complexity index is 393. The molecule has 0 fully saturated rings. The highest BCUT2D eigenvalue weighted by molar-refractivity contribution is 7.48. The third kappa shape index (κ3) is 3.15. The van der Waals surface area contributed by atoms with Gasteiger partial charge in [0.15, 0.2) is 5.78 Å². The van der Waals surface area contributed by atoms with E-state index in [9.17, 15) is 9.36 Å². The maximum atomic E-state index is 11.4. The van der Waals surface area contributed by atoms with Crippen molar-refractivity contribution in [1.29, 1.82) is 0 Å². The molecule has 0 bridgehead atoms. The summed E-state index contributed by atoms with van der Waals surface area (Å²) in [6.45, 7) is 1.79. The molecule has 0 aliphatic rings. The van der Waals surface area contributed by atoms with Crippen LogP contribution in [0.1, 0.15) is 17.3 Å². The summed E-state index contributed by atoms with van der Waals surface area (Å²) in [5.74, 6) is -0.0545. The van der Waals surface area contributed by atoms with Gasteiger partial charge >= 0.3 is 0 Å². The Hall–Kier alpha value is -1.18. The molecule has 0 N–H and O–H groups in total. The van der Waals surface area contributed by atoms with Gasteiger partial charge in [0, 0.05) is 18.0 Å². The Kier molecular flexibility index (Phi) is 4.47. The van der Waals surface area contributed by atoms with Gasteiger partial charge in [-0.15, -0.1) is 0 Å². The number of allylic oxidation sites excluding steroid dienone is 2. The van der Waals surface area contributed by atoms with E-state index in [4.69, 9.17) is 4.52 Å². The molecule has 1 rings (SSSR count). The number of benzene rings is 1. The predicted octanol–water partition coefficient (Wildman–Crippen LogP) is 2.19. The molecule has 1 aromatic carbocycles. The topological polar surface area (TPSA) is 43.4 Å². The van der Waals surface area contributed by atoms with E-state index in [1.807, 2.05) is 0 Å². The van der Waals surface area contributed by atoms with Crippen molar-refractivity contribution in [3.63, 3.8) is 0 Å². The highest BCUT2D eigenvalue weighted by Gasteiger charge is 2.04. The van der Waals surface area contributed by atoms with Crippen LogP contribution >= 0.6 is 8.03 Å². The standard InChI is InChI=1S/C11H13O3P/c1-3-4-11(12)9-5-7-10(8-6-9)15(13)14-2/h3-8,15H,1-2H3. The third-order valence-corrected chi connectivity index (χ3v) is 3.08. The van der Waals surface area contributed by atoms with Crippen LogP contribution in [0.25, 0.3) is 0 Å². The molecule has 80 valence electrons. The van der Waals surface area contributed by atoms with Gasteiger partial charge in [0.25, 0.3) is 0 Å². The molecule has 1 aromatic rings. The van der Waals surface area contributed by atoms with Crippen molar-refractivity contribution in [3.05, 3.63) is 42.0 Å². The van der Waals surface area contributed by atoms with Gasteiger partial charge in [-0.2, -0.15) is 0 Å². The van der Waals surface area contributed by atoms with Gasteiger partial charge in [0.1, 0.15) is 0 Å². The highest BCUT2D eigenvalue weighted by Crippen LogP contribution is 2.19. The Morgan fingerprint density at radius 2 is 1.93 bits per heavy atom. The number of ketones is 1. The minimum atomic E-state index is -2.14. The van der Waals surface area contributed by atoms with E-state index in [2.05, 4.69) is 0 Å². The minimum Gasteiger partial charge on any atom is -0.331 e. The van der Waals surface area contributed by atoms with Crippen molar-refractivity contribution in [1.82, 2.24) is 0 Å². The second-order valence-electron chi connectivity index (χ2n) is 2.93. The quantitative estimate of drug-likeness (QED) is 0.447. The van der Waals surface area contributed by atoms with Crippen molar-refractivity contribution in [2.45, 2.75) is 6.92 Å². The lowest BCUT2D eigenvalue weighted by Crippen LogP contribution is -2.00. The summed E-state index contributed by atoms with van der Waals surface area (Å²) in [6, 6.07) is 6.61. The zero-order chi connectivity index (χ0) is 11.3. The molecule has 0 aliphatic carbocycles. The Morgan fingerprint density at radius 3 is 2.40 bits per heavy atom. The molecule has 0 heterocycles. The molecule has 1 atom stereocenters. The van der Waals surface area contributed by atoms with Crippen LogP contribution in [0.2, 0.25) is 0 Å². The largest absolute Gasteiger partial charge is 0.331 e. The highest BCUT2D eigenvalue weighted by atomic mass is 31.1. The first kappa shape index (κ1) is 11.9. The lowest BCUT2D eigenvalue weighted by atomic mass is 10.1. The first-order chi connectivity index (χ1) is 7.19. The molecule has 0 radical (unpaired) electrons. The molecule has 0 aromatic heterocycles. The average molecular weight is 224 g/mol. The maximum absolute atomic E-state index is 11.4. The van der Waals surface area contributed by atoms with E-state index in [1.54, 1.807) is 37.3 Å². The summed E-state index contributed by atoms with van der Waals surface area (Å²) in [5, 5.41) is 0.625. The molecule has 0 saturated heterocycles. The second-order valence-corrected chi connectivity index (χ2v) is 4.49. The molecule has 0 spiro atoms. The van der Waals surface area contributed by atoms with Crippen molar-refractivity contribution in [2.75, 3.05) is 7.11 Å². The Morgan fingerprint density at radius 1 is 1.33 bits per heavy atom. The molecule has 15 heavy (non-hydrogen) atoms. The van der Waals surface area contributed by atoms with Crippen LogP contribution in [0.3, 0.4) is 0 Å². The van der Waals surface area contributed by atoms with Crippen LogP contribution in [0.15, 0.2) is 36.4 Å². The van der Waals surface area contributed by atoms with Crippen LogP contribution < -0.4 is 5.30 Å². The molecular formula is C11H13O3P. The number of rotatable bonds is 4. The average Bonchev–Trinajstić information content (AvgIpc) is 2.28. The number of hydrogen-bond acceptors (Lipinski definition) is 3. The first-order valence-corrected chi connectivity index (χ1v) is 5.86. The van der Waals surface area contributed by atoms with E-state index >= 15 is 0 Å². The third-order valence-electron chi connectivity index (χ3n) is 1.91. The Labute approximate surface area is 89.6 Å². The summed E-state index contributed by atoms with van der Waals surface area (Å²) in [7, 11) is -0.737. The van der Waals surface area contributed by atoms with Gasteiger partial charge in [0.05, 0.1) is 0 Å². The fraction of sp³-hybridized carbons (Fsp3) is 0.182. The Balaban J connectivity index is 2.90. The molecule has 0 aliphatic heterocycles. The molecule has 0 amide bonds. The SMILES string of the molecule is CC=CC(=O)c1ccc([PH](=O)OC)cc1. The zero-order valence-electron chi connectivity index (χ0n) is 8.69. The minimum absolute atomic E-state index is 0.0545.